The number of fused-ring (bicyclic) bond motifs is 2. The summed E-state index contributed by atoms with van der Waals surface area (Å²) in [6, 6.07) is 9.75. The molecule has 3 atom stereocenters. The number of rotatable bonds is 1. The Morgan fingerprint density at radius 3 is 2.52 bits per heavy atom. The van der Waals surface area contributed by atoms with E-state index in [-0.39, 0.29) is 22.2 Å². The Bertz CT molecular complexity index is 928. The Morgan fingerprint density at radius 2 is 1.81 bits per heavy atom. The molecule has 0 radical (unpaired) electrons. The fraction of sp³-hybridized carbons (Fsp3) is 0.435. The molecule has 2 aliphatic rings. The largest absolute Gasteiger partial charge is 0.355 e. The maximum atomic E-state index is 12.4. The number of carbonyl (C=O) groups excluding carboxylic acids is 1. The van der Waals surface area contributed by atoms with E-state index in [9.17, 15) is 4.79 Å². The minimum Gasteiger partial charge on any atom is -0.355 e. The van der Waals surface area contributed by atoms with Gasteiger partial charge in [-0.05, 0) is 55.9 Å². The maximum Gasteiger partial charge on any atom is 0.226 e. The zero-order chi connectivity index (χ0) is 19.1. The Balaban J connectivity index is 1.57. The van der Waals surface area contributed by atoms with Gasteiger partial charge < -0.3 is 5.32 Å². The number of pyridine rings is 2. The van der Waals surface area contributed by atoms with Crippen molar-refractivity contribution in [1.29, 1.82) is 0 Å². The molecule has 138 valence electrons. The van der Waals surface area contributed by atoms with Gasteiger partial charge in [0.25, 0.3) is 0 Å². The third-order valence-electron chi connectivity index (χ3n) is 5.84. The van der Waals surface area contributed by atoms with Crippen molar-refractivity contribution < 1.29 is 4.79 Å². The van der Waals surface area contributed by atoms with Gasteiger partial charge in [0.15, 0.2) is 0 Å². The number of nitrogens with zero attached hydrogens (tertiary/aromatic N) is 2. The first-order valence-electron chi connectivity index (χ1n) is 9.48. The van der Waals surface area contributed by atoms with Gasteiger partial charge in [-0.1, -0.05) is 31.8 Å². The molecule has 0 unspecified atom stereocenters. The highest BCUT2D eigenvalue weighted by molar-refractivity contribution is 5.83. The van der Waals surface area contributed by atoms with Crippen LogP contribution in [0.1, 0.15) is 45.6 Å². The molecule has 4 heteroatoms. The number of nitrogens with one attached hydrogen (secondary N) is 1. The zero-order valence-electron chi connectivity index (χ0n) is 16.2. The van der Waals surface area contributed by atoms with E-state index >= 15 is 0 Å². The van der Waals surface area contributed by atoms with Crippen molar-refractivity contribution >= 4 is 5.91 Å². The molecular formula is C23H25N3O. The second kappa shape index (κ2) is 6.20. The van der Waals surface area contributed by atoms with Crippen molar-refractivity contribution in [3.05, 3.63) is 48.3 Å². The van der Waals surface area contributed by atoms with Gasteiger partial charge in [-0.15, -0.1) is 0 Å². The average Bonchev–Trinajstić information content (AvgIpc) is 2.64. The second-order valence-corrected chi connectivity index (χ2v) is 9.04. The minimum absolute atomic E-state index is 0.116. The minimum atomic E-state index is -0.324. The van der Waals surface area contributed by atoms with Crippen LogP contribution in [0.2, 0.25) is 0 Å². The highest BCUT2D eigenvalue weighted by Crippen LogP contribution is 2.55. The Kier molecular flexibility index (Phi) is 4.07. The van der Waals surface area contributed by atoms with Gasteiger partial charge in [0.1, 0.15) is 0 Å². The van der Waals surface area contributed by atoms with Gasteiger partial charge in [-0.25, -0.2) is 0 Å². The maximum absolute atomic E-state index is 12.4. The number of carbonyl (C=O) groups is 1. The highest BCUT2D eigenvalue weighted by atomic mass is 16.2. The summed E-state index contributed by atoms with van der Waals surface area (Å²) in [6.07, 6.45) is 6.32. The van der Waals surface area contributed by atoms with Gasteiger partial charge in [0.05, 0.1) is 11.4 Å². The highest BCUT2D eigenvalue weighted by Gasteiger charge is 2.54. The molecule has 1 saturated heterocycles. The average molecular weight is 359 g/mol. The van der Waals surface area contributed by atoms with Crippen LogP contribution in [0.25, 0.3) is 11.4 Å². The lowest BCUT2D eigenvalue weighted by Gasteiger charge is -2.53. The van der Waals surface area contributed by atoms with Crippen LogP contribution in [-0.2, 0) is 4.79 Å². The molecular weight excluding hydrogens is 334 g/mol. The van der Waals surface area contributed by atoms with Crippen molar-refractivity contribution in [3.63, 3.8) is 0 Å². The Labute approximate surface area is 160 Å². The van der Waals surface area contributed by atoms with Gasteiger partial charge in [0.2, 0.25) is 5.91 Å². The Hall–Kier alpha value is -2.67. The summed E-state index contributed by atoms with van der Waals surface area (Å²) in [5.41, 5.74) is 2.22. The summed E-state index contributed by atoms with van der Waals surface area (Å²) in [6.45, 7) is 7.30. The van der Waals surface area contributed by atoms with E-state index in [0.29, 0.717) is 0 Å². The molecule has 2 bridgehead atoms. The molecule has 4 rings (SSSR count). The van der Waals surface area contributed by atoms with Gasteiger partial charge in [-0.2, -0.15) is 0 Å². The summed E-state index contributed by atoms with van der Waals surface area (Å²) < 4.78 is 0. The van der Waals surface area contributed by atoms with E-state index in [4.69, 9.17) is 0 Å². The zero-order valence-corrected chi connectivity index (χ0v) is 16.2. The van der Waals surface area contributed by atoms with Gasteiger partial charge in [-0.3, -0.25) is 14.8 Å². The fourth-order valence-electron chi connectivity index (χ4n) is 5.17. The number of aromatic nitrogens is 2. The Morgan fingerprint density at radius 1 is 1.00 bits per heavy atom. The molecule has 1 saturated carbocycles. The predicted octanol–water partition coefficient (Wildman–Crippen LogP) is 3.83. The molecule has 2 aromatic rings. The molecule has 27 heavy (non-hydrogen) atoms. The van der Waals surface area contributed by atoms with E-state index in [2.05, 4.69) is 47.9 Å². The molecule has 0 aromatic carbocycles. The first-order valence-corrected chi connectivity index (χ1v) is 9.48. The number of amides is 1. The first kappa shape index (κ1) is 17.7. The fourth-order valence-corrected chi connectivity index (χ4v) is 5.17. The summed E-state index contributed by atoms with van der Waals surface area (Å²) in [4.78, 5) is 21.3. The van der Waals surface area contributed by atoms with Gasteiger partial charge >= 0.3 is 0 Å². The smallest absolute Gasteiger partial charge is 0.226 e. The van der Waals surface area contributed by atoms with Gasteiger partial charge in [0, 0.05) is 35.3 Å². The van der Waals surface area contributed by atoms with Crippen LogP contribution < -0.4 is 5.32 Å². The lowest BCUT2D eigenvalue weighted by Crippen LogP contribution is -2.58. The third-order valence-corrected chi connectivity index (χ3v) is 5.84. The monoisotopic (exact) mass is 359 g/mol. The molecule has 1 amide bonds. The number of hydrogen-bond donors (Lipinski definition) is 1. The molecule has 2 aromatic heterocycles. The van der Waals surface area contributed by atoms with Crippen LogP contribution >= 0.6 is 0 Å². The molecule has 3 heterocycles. The lowest BCUT2D eigenvalue weighted by atomic mass is 9.53. The van der Waals surface area contributed by atoms with E-state index in [1.807, 2.05) is 30.3 Å². The van der Waals surface area contributed by atoms with Crippen molar-refractivity contribution in [1.82, 2.24) is 15.3 Å². The van der Waals surface area contributed by atoms with E-state index < -0.39 is 0 Å². The predicted molar refractivity (Wildman–Crippen MR) is 106 cm³/mol. The van der Waals surface area contributed by atoms with Crippen LogP contribution in [0, 0.1) is 28.1 Å². The third kappa shape index (κ3) is 3.47. The van der Waals surface area contributed by atoms with E-state index in [1.165, 1.54) is 0 Å². The normalized spacial score (nSPS) is 32.2. The quantitative estimate of drug-likeness (QED) is 0.788. The SMILES string of the molecule is C[C@]1(C#Cc2ccc(-c3ccccn3)nc2)C[C@@]2(C)CNC(=O)[C@@](C)(C1)C2. The summed E-state index contributed by atoms with van der Waals surface area (Å²) >= 11 is 0. The van der Waals surface area contributed by atoms with Crippen LogP contribution in [0.4, 0.5) is 0 Å². The van der Waals surface area contributed by atoms with Crippen molar-refractivity contribution in [3.8, 4) is 23.2 Å². The molecule has 1 N–H and O–H groups in total. The summed E-state index contributed by atoms with van der Waals surface area (Å²) in [7, 11) is 0. The standard InChI is InChI=1S/C23H25N3O/c1-21(13-22(2)15-23(3,14-21)20(27)26-16-22)10-9-17-7-8-19(25-12-17)18-6-4-5-11-24-18/h4-8,11-12H,13-16H2,1-3H3,(H,26,27)/t21-,22+,23-/m0/s1. The van der Waals surface area contributed by atoms with Crippen LogP contribution in [0.3, 0.4) is 0 Å². The molecule has 2 fully saturated rings. The molecule has 1 aliphatic heterocycles. The van der Waals surface area contributed by atoms with Crippen molar-refractivity contribution in [2.75, 3.05) is 6.54 Å². The van der Waals surface area contributed by atoms with Crippen molar-refractivity contribution in [2.24, 2.45) is 16.2 Å². The lowest BCUT2D eigenvalue weighted by molar-refractivity contribution is -0.144. The molecule has 0 spiro atoms. The van der Waals surface area contributed by atoms with Crippen molar-refractivity contribution in [2.45, 2.75) is 40.0 Å². The van der Waals surface area contributed by atoms with Crippen LogP contribution in [0.15, 0.2) is 42.7 Å². The number of hydrogen-bond acceptors (Lipinski definition) is 3. The summed E-state index contributed by atoms with van der Waals surface area (Å²) in [5, 5.41) is 3.10. The second-order valence-electron chi connectivity index (χ2n) is 9.04. The van der Waals surface area contributed by atoms with E-state index in [0.717, 1.165) is 42.8 Å². The first-order chi connectivity index (χ1) is 12.8. The van der Waals surface area contributed by atoms with Crippen LogP contribution in [-0.4, -0.2) is 22.4 Å². The topological polar surface area (TPSA) is 54.9 Å². The number of piperidine rings is 1. The molecule has 4 nitrogen and oxygen atoms in total. The van der Waals surface area contributed by atoms with E-state index in [1.54, 1.807) is 12.4 Å². The van der Waals surface area contributed by atoms with Crippen LogP contribution in [0.5, 0.6) is 0 Å². The molecule has 1 aliphatic carbocycles. The summed E-state index contributed by atoms with van der Waals surface area (Å²) in [5.74, 6) is 6.97.